The molecule has 2 N–H and O–H groups in total. The molecule has 1 fully saturated rings. The Labute approximate surface area is 123 Å². The van der Waals surface area contributed by atoms with Crippen molar-refractivity contribution in [2.24, 2.45) is 0 Å². The van der Waals surface area contributed by atoms with Crippen LogP contribution in [0, 0.1) is 5.82 Å². The molecule has 1 heterocycles. The van der Waals surface area contributed by atoms with Crippen LogP contribution in [-0.2, 0) is 11.3 Å². The smallest absolute Gasteiger partial charge is 0.315 e. The minimum Gasteiger partial charge on any atom is -0.343 e. The average Bonchev–Trinajstić information content (AvgIpc) is 3.01. The highest BCUT2D eigenvalue weighted by molar-refractivity contribution is 5.78. The van der Waals surface area contributed by atoms with E-state index in [0.717, 1.165) is 31.5 Å². The summed E-state index contributed by atoms with van der Waals surface area (Å²) in [5.41, 5.74) is 0.819. The summed E-state index contributed by atoms with van der Waals surface area (Å²) in [4.78, 5) is 25.2. The minimum absolute atomic E-state index is 0.0892. The molecule has 2 rings (SSSR count). The molecule has 3 amide bonds. The number of benzene rings is 1. The van der Waals surface area contributed by atoms with E-state index in [1.807, 2.05) is 4.90 Å². The van der Waals surface area contributed by atoms with Crippen LogP contribution in [0.1, 0.15) is 24.8 Å². The number of nitrogens with one attached hydrogen (secondary N) is 2. The van der Waals surface area contributed by atoms with Crippen molar-refractivity contribution in [1.29, 1.82) is 0 Å². The largest absolute Gasteiger partial charge is 0.343 e. The Morgan fingerprint density at radius 1 is 1.10 bits per heavy atom. The van der Waals surface area contributed by atoms with Gasteiger partial charge in [0, 0.05) is 32.6 Å². The summed E-state index contributed by atoms with van der Waals surface area (Å²) < 4.78 is 12.7. The molecule has 0 bridgehead atoms. The maximum absolute atomic E-state index is 12.7. The molecule has 0 aliphatic carbocycles. The summed E-state index contributed by atoms with van der Waals surface area (Å²) in [6.45, 7) is 2.31. The van der Waals surface area contributed by atoms with Gasteiger partial charge >= 0.3 is 6.03 Å². The maximum atomic E-state index is 12.7. The lowest BCUT2D eigenvalue weighted by Gasteiger charge is -2.15. The topological polar surface area (TPSA) is 61.4 Å². The van der Waals surface area contributed by atoms with Crippen molar-refractivity contribution in [2.75, 3.05) is 19.6 Å². The number of hydrogen-bond donors (Lipinski definition) is 2. The SMILES string of the molecule is O=C(NCCC(=O)N1CCCC1)NCc1ccc(F)cc1. The van der Waals surface area contributed by atoms with Crippen LogP contribution in [0.15, 0.2) is 24.3 Å². The normalized spacial score (nSPS) is 14.0. The quantitative estimate of drug-likeness (QED) is 0.867. The predicted octanol–water partition coefficient (Wildman–Crippen LogP) is 1.64. The summed E-state index contributed by atoms with van der Waals surface area (Å²) in [6.07, 6.45) is 2.46. The Morgan fingerprint density at radius 2 is 1.76 bits per heavy atom. The Hall–Kier alpha value is -2.11. The first-order valence-corrected chi connectivity index (χ1v) is 7.19. The second-order valence-electron chi connectivity index (χ2n) is 5.07. The third kappa shape index (κ3) is 5.06. The molecule has 1 aromatic rings. The molecule has 0 radical (unpaired) electrons. The summed E-state index contributed by atoms with van der Waals surface area (Å²) >= 11 is 0. The zero-order chi connectivity index (χ0) is 15.1. The van der Waals surface area contributed by atoms with Gasteiger partial charge in [-0.15, -0.1) is 0 Å². The summed E-state index contributed by atoms with van der Waals surface area (Å²) in [5, 5.41) is 5.31. The van der Waals surface area contributed by atoms with Crippen LogP contribution >= 0.6 is 0 Å². The molecule has 114 valence electrons. The second kappa shape index (κ2) is 7.61. The first-order chi connectivity index (χ1) is 10.1. The first kappa shape index (κ1) is 15.3. The summed E-state index contributed by atoms with van der Waals surface area (Å²) in [5.74, 6) is -0.213. The first-order valence-electron chi connectivity index (χ1n) is 7.19. The lowest BCUT2D eigenvalue weighted by Crippen LogP contribution is -2.38. The van der Waals surface area contributed by atoms with Crippen molar-refractivity contribution >= 4 is 11.9 Å². The highest BCUT2D eigenvalue weighted by Gasteiger charge is 2.17. The highest BCUT2D eigenvalue weighted by Crippen LogP contribution is 2.08. The molecule has 6 heteroatoms. The number of nitrogens with zero attached hydrogens (tertiary/aromatic N) is 1. The Bertz CT molecular complexity index is 484. The number of rotatable bonds is 5. The molecule has 0 aromatic heterocycles. The Balaban J connectivity index is 1.61. The molecule has 0 atom stereocenters. The standard InChI is InChI=1S/C15H20FN3O2/c16-13-5-3-12(4-6-13)11-18-15(21)17-8-7-14(20)19-9-1-2-10-19/h3-6H,1-2,7-11H2,(H2,17,18,21). The molecule has 5 nitrogen and oxygen atoms in total. The van der Waals surface area contributed by atoms with E-state index in [1.165, 1.54) is 12.1 Å². The van der Waals surface area contributed by atoms with E-state index in [0.29, 0.717) is 19.5 Å². The van der Waals surface area contributed by atoms with Crippen LogP contribution < -0.4 is 10.6 Å². The summed E-state index contributed by atoms with van der Waals surface area (Å²) in [6, 6.07) is 5.61. The van der Waals surface area contributed by atoms with E-state index < -0.39 is 0 Å². The van der Waals surface area contributed by atoms with Gasteiger partial charge in [0.2, 0.25) is 5.91 Å². The van der Waals surface area contributed by atoms with Crippen molar-refractivity contribution in [3.63, 3.8) is 0 Å². The van der Waals surface area contributed by atoms with Gasteiger partial charge in [0.25, 0.3) is 0 Å². The molecule has 1 aliphatic heterocycles. The number of amides is 3. The van der Waals surface area contributed by atoms with E-state index in [2.05, 4.69) is 10.6 Å². The molecule has 1 aromatic carbocycles. The van der Waals surface area contributed by atoms with Gasteiger partial charge < -0.3 is 15.5 Å². The number of hydrogen-bond acceptors (Lipinski definition) is 2. The lowest BCUT2D eigenvalue weighted by molar-refractivity contribution is -0.129. The van der Waals surface area contributed by atoms with Gasteiger partial charge in [0.05, 0.1) is 0 Å². The number of likely N-dealkylation sites (tertiary alicyclic amines) is 1. The fourth-order valence-corrected chi connectivity index (χ4v) is 2.25. The van der Waals surface area contributed by atoms with Gasteiger partial charge in [0.1, 0.15) is 5.82 Å². The molecular formula is C15H20FN3O2. The molecule has 1 saturated heterocycles. The van der Waals surface area contributed by atoms with Gasteiger partial charge in [-0.25, -0.2) is 9.18 Å². The van der Waals surface area contributed by atoms with E-state index >= 15 is 0 Å². The van der Waals surface area contributed by atoms with Crippen molar-refractivity contribution in [2.45, 2.75) is 25.8 Å². The van der Waals surface area contributed by atoms with Crippen LogP contribution in [-0.4, -0.2) is 36.5 Å². The monoisotopic (exact) mass is 293 g/mol. The Morgan fingerprint density at radius 3 is 2.43 bits per heavy atom. The number of urea groups is 1. The number of carbonyl (C=O) groups is 2. The molecule has 21 heavy (non-hydrogen) atoms. The lowest BCUT2D eigenvalue weighted by atomic mass is 10.2. The maximum Gasteiger partial charge on any atom is 0.315 e. The highest BCUT2D eigenvalue weighted by atomic mass is 19.1. The van der Waals surface area contributed by atoms with Crippen LogP contribution in [0.4, 0.5) is 9.18 Å². The van der Waals surface area contributed by atoms with Crippen LogP contribution in [0.25, 0.3) is 0 Å². The summed E-state index contributed by atoms with van der Waals surface area (Å²) in [7, 11) is 0. The third-order valence-electron chi connectivity index (χ3n) is 3.45. The van der Waals surface area contributed by atoms with Crippen LogP contribution in [0.3, 0.4) is 0 Å². The average molecular weight is 293 g/mol. The zero-order valence-electron chi connectivity index (χ0n) is 11.9. The van der Waals surface area contributed by atoms with Crippen molar-refractivity contribution in [1.82, 2.24) is 15.5 Å². The minimum atomic E-state index is -0.325. The fraction of sp³-hybridized carbons (Fsp3) is 0.467. The zero-order valence-corrected chi connectivity index (χ0v) is 11.9. The fourth-order valence-electron chi connectivity index (χ4n) is 2.25. The molecule has 0 unspecified atom stereocenters. The van der Waals surface area contributed by atoms with E-state index in [1.54, 1.807) is 12.1 Å². The van der Waals surface area contributed by atoms with Gasteiger partial charge in [-0.05, 0) is 30.5 Å². The predicted molar refractivity (Wildman–Crippen MR) is 77.1 cm³/mol. The van der Waals surface area contributed by atoms with Gasteiger partial charge in [-0.1, -0.05) is 12.1 Å². The molecule has 0 saturated carbocycles. The van der Waals surface area contributed by atoms with Gasteiger partial charge in [-0.3, -0.25) is 4.79 Å². The number of halogens is 1. The molecule has 0 spiro atoms. The van der Waals surface area contributed by atoms with Crippen LogP contribution in [0.2, 0.25) is 0 Å². The molecule has 1 aliphatic rings. The van der Waals surface area contributed by atoms with Gasteiger partial charge in [0.15, 0.2) is 0 Å². The van der Waals surface area contributed by atoms with Crippen LogP contribution in [0.5, 0.6) is 0 Å². The van der Waals surface area contributed by atoms with E-state index in [9.17, 15) is 14.0 Å². The van der Waals surface area contributed by atoms with Crippen molar-refractivity contribution in [3.05, 3.63) is 35.6 Å². The Kier molecular flexibility index (Phi) is 5.54. The van der Waals surface area contributed by atoms with Crippen molar-refractivity contribution in [3.8, 4) is 0 Å². The van der Waals surface area contributed by atoms with E-state index in [-0.39, 0.29) is 17.8 Å². The van der Waals surface area contributed by atoms with E-state index in [4.69, 9.17) is 0 Å². The second-order valence-corrected chi connectivity index (χ2v) is 5.07. The molecular weight excluding hydrogens is 273 g/mol. The van der Waals surface area contributed by atoms with Crippen molar-refractivity contribution < 1.29 is 14.0 Å². The third-order valence-corrected chi connectivity index (χ3v) is 3.45. The van der Waals surface area contributed by atoms with Gasteiger partial charge in [-0.2, -0.15) is 0 Å². The number of carbonyl (C=O) groups excluding carboxylic acids is 2.